The molecular weight excluding hydrogens is 590 g/mol. The first-order valence-electron chi connectivity index (χ1n) is 12.0. The number of methoxy groups -OCH3 is 2. The third-order valence-corrected chi connectivity index (χ3v) is 9.31. The SMILES string of the molecule is COc1ccc(NS(=O)(=O)c2ccc(NC(=O)CN(c3ccc(OC)c(Cl)c3)S(=O)(=O)c3ccccc3)cc2)cc1. The predicted octanol–water partition coefficient (Wildman–Crippen LogP) is 4.99. The maximum Gasteiger partial charge on any atom is 0.264 e. The van der Waals surface area contributed by atoms with E-state index in [9.17, 15) is 21.6 Å². The molecule has 2 N–H and O–H groups in total. The fourth-order valence-electron chi connectivity index (χ4n) is 3.77. The van der Waals surface area contributed by atoms with Crippen LogP contribution >= 0.6 is 11.6 Å². The molecule has 0 aromatic heterocycles. The molecular formula is C28H26ClN3O7S2. The second-order valence-electron chi connectivity index (χ2n) is 8.55. The fourth-order valence-corrected chi connectivity index (χ4v) is 6.51. The molecule has 0 unspecified atom stereocenters. The van der Waals surface area contributed by atoms with Crippen LogP contribution in [0.1, 0.15) is 0 Å². The highest BCUT2D eigenvalue weighted by Gasteiger charge is 2.28. The third-order valence-electron chi connectivity index (χ3n) is 5.83. The van der Waals surface area contributed by atoms with Gasteiger partial charge in [0.25, 0.3) is 20.0 Å². The zero-order chi connectivity index (χ0) is 29.6. The van der Waals surface area contributed by atoms with Gasteiger partial charge in [-0.25, -0.2) is 16.8 Å². The van der Waals surface area contributed by atoms with Crippen LogP contribution in [0.25, 0.3) is 0 Å². The first-order valence-corrected chi connectivity index (χ1v) is 15.3. The number of amides is 1. The Balaban J connectivity index is 1.53. The van der Waals surface area contributed by atoms with Crippen molar-refractivity contribution in [2.75, 3.05) is 35.1 Å². The van der Waals surface area contributed by atoms with Crippen molar-refractivity contribution in [2.24, 2.45) is 0 Å². The number of carbonyl (C=O) groups is 1. The van der Waals surface area contributed by atoms with Crippen molar-refractivity contribution in [1.82, 2.24) is 0 Å². The number of halogens is 1. The minimum absolute atomic E-state index is 0.0151. The minimum Gasteiger partial charge on any atom is -0.497 e. The molecule has 1 amide bonds. The van der Waals surface area contributed by atoms with Crippen molar-refractivity contribution < 1.29 is 31.1 Å². The molecule has 0 fully saturated rings. The van der Waals surface area contributed by atoms with Gasteiger partial charge in [0, 0.05) is 11.4 Å². The summed E-state index contributed by atoms with van der Waals surface area (Å²) < 4.78 is 66.2. The Morgan fingerprint density at radius 1 is 0.780 bits per heavy atom. The summed E-state index contributed by atoms with van der Waals surface area (Å²) in [4.78, 5) is 13.0. The maximum absolute atomic E-state index is 13.5. The molecule has 13 heteroatoms. The van der Waals surface area contributed by atoms with Crippen LogP contribution in [0, 0.1) is 0 Å². The monoisotopic (exact) mass is 615 g/mol. The number of hydrogen-bond donors (Lipinski definition) is 2. The van der Waals surface area contributed by atoms with Crippen LogP contribution in [0.5, 0.6) is 11.5 Å². The average molecular weight is 616 g/mol. The number of sulfonamides is 2. The van der Waals surface area contributed by atoms with E-state index in [4.69, 9.17) is 21.1 Å². The van der Waals surface area contributed by atoms with Crippen LogP contribution in [-0.4, -0.2) is 43.5 Å². The largest absolute Gasteiger partial charge is 0.497 e. The molecule has 0 radical (unpaired) electrons. The first-order chi connectivity index (χ1) is 19.5. The highest BCUT2D eigenvalue weighted by Crippen LogP contribution is 2.32. The molecule has 41 heavy (non-hydrogen) atoms. The van der Waals surface area contributed by atoms with Gasteiger partial charge in [0.1, 0.15) is 18.0 Å². The number of carbonyl (C=O) groups excluding carboxylic acids is 1. The van der Waals surface area contributed by atoms with Gasteiger partial charge in [0.15, 0.2) is 0 Å². The van der Waals surface area contributed by atoms with Crippen molar-refractivity contribution in [3.63, 3.8) is 0 Å². The highest BCUT2D eigenvalue weighted by molar-refractivity contribution is 7.93. The van der Waals surface area contributed by atoms with Crippen molar-refractivity contribution >= 4 is 54.6 Å². The quantitative estimate of drug-likeness (QED) is 0.243. The summed E-state index contributed by atoms with van der Waals surface area (Å²) in [5.74, 6) is 0.259. The smallest absolute Gasteiger partial charge is 0.264 e. The number of nitrogens with zero attached hydrogens (tertiary/aromatic N) is 1. The number of ether oxygens (including phenoxy) is 2. The van der Waals surface area contributed by atoms with Gasteiger partial charge in [-0.1, -0.05) is 29.8 Å². The van der Waals surface area contributed by atoms with Crippen LogP contribution < -0.4 is 23.8 Å². The van der Waals surface area contributed by atoms with Gasteiger partial charge in [-0.3, -0.25) is 13.8 Å². The lowest BCUT2D eigenvalue weighted by Crippen LogP contribution is -2.38. The van der Waals surface area contributed by atoms with Crippen molar-refractivity contribution in [3.8, 4) is 11.5 Å². The number of nitrogens with one attached hydrogen (secondary N) is 2. The van der Waals surface area contributed by atoms with E-state index >= 15 is 0 Å². The summed E-state index contributed by atoms with van der Waals surface area (Å²) in [5.41, 5.74) is 0.769. The Morgan fingerprint density at radius 3 is 2.00 bits per heavy atom. The van der Waals surface area contributed by atoms with Crippen LogP contribution in [0.2, 0.25) is 5.02 Å². The molecule has 0 aliphatic heterocycles. The summed E-state index contributed by atoms with van der Waals surface area (Å²) in [6, 6.07) is 23.9. The highest BCUT2D eigenvalue weighted by atomic mass is 35.5. The summed E-state index contributed by atoms with van der Waals surface area (Å²) in [6.45, 7) is -0.584. The molecule has 4 aromatic carbocycles. The van der Waals surface area contributed by atoms with Gasteiger partial charge in [0.2, 0.25) is 5.91 Å². The Kier molecular flexibility index (Phi) is 9.06. The zero-order valence-electron chi connectivity index (χ0n) is 21.9. The molecule has 0 aliphatic rings. The molecule has 0 bridgehead atoms. The Labute approximate surface area is 243 Å². The molecule has 214 valence electrons. The molecule has 0 saturated heterocycles. The number of anilines is 3. The van der Waals surface area contributed by atoms with E-state index in [1.165, 1.54) is 68.8 Å². The van der Waals surface area contributed by atoms with Crippen LogP contribution in [-0.2, 0) is 24.8 Å². The van der Waals surface area contributed by atoms with Gasteiger partial charge < -0.3 is 14.8 Å². The normalized spacial score (nSPS) is 11.4. The molecule has 0 spiro atoms. The summed E-state index contributed by atoms with van der Waals surface area (Å²) >= 11 is 6.25. The van der Waals surface area contributed by atoms with Gasteiger partial charge >= 0.3 is 0 Å². The molecule has 0 aliphatic carbocycles. The third kappa shape index (κ3) is 7.09. The van der Waals surface area contributed by atoms with Crippen LogP contribution in [0.3, 0.4) is 0 Å². The van der Waals surface area contributed by atoms with E-state index in [2.05, 4.69) is 10.0 Å². The van der Waals surface area contributed by atoms with Gasteiger partial charge in [-0.15, -0.1) is 0 Å². The van der Waals surface area contributed by atoms with Gasteiger partial charge in [-0.2, -0.15) is 0 Å². The molecule has 0 atom stereocenters. The standard InChI is InChI=1S/C28H26ClN3O7S2/c1-38-23-13-8-21(9-14-23)31-40(34,35)24-15-10-20(11-16-24)30-28(33)19-32(22-12-17-27(39-2)26(29)18-22)41(36,37)25-6-4-3-5-7-25/h3-18,31H,19H2,1-2H3,(H,30,33). The zero-order valence-corrected chi connectivity index (χ0v) is 24.3. The molecule has 4 rings (SSSR count). The Hall–Kier alpha value is -4.26. The van der Waals surface area contributed by atoms with E-state index in [1.54, 1.807) is 42.5 Å². The van der Waals surface area contributed by atoms with E-state index in [0.29, 0.717) is 17.2 Å². The van der Waals surface area contributed by atoms with Crippen molar-refractivity contribution in [3.05, 3.63) is 102 Å². The van der Waals surface area contributed by atoms with Crippen molar-refractivity contribution in [1.29, 1.82) is 0 Å². The number of benzene rings is 4. The summed E-state index contributed by atoms with van der Waals surface area (Å²) in [5, 5.41) is 2.78. The summed E-state index contributed by atoms with van der Waals surface area (Å²) in [7, 11) is -5.13. The van der Waals surface area contributed by atoms with E-state index in [0.717, 1.165) is 4.31 Å². The van der Waals surface area contributed by atoms with Crippen LogP contribution in [0.4, 0.5) is 17.1 Å². The summed E-state index contributed by atoms with van der Waals surface area (Å²) in [6.07, 6.45) is 0. The fraction of sp³-hybridized carbons (Fsp3) is 0.107. The second-order valence-corrected chi connectivity index (χ2v) is 12.5. The second kappa shape index (κ2) is 12.5. The van der Waals surface area contributed by atoms with E-state index < -0.39 is 32.5 Å². The van der Waals surface area contributed by atoms with E-state index in [-0.39, 0.29) is 26.2 Å². The minimum atomic E-state index is -4.16. The van der Waals surface area contributed by atoms with Crippen LogP contribution in [0.15, 0.2) is 107 Å². The number of hydrogen-bond acceptors (Lipinski definition) is 7. The van der Waals surface area contributed by atoms with Gasteiger partial charge in [0.05, 0.1) is 34.7 Å². The van der Waals surface area contributed by atoms with Gasteiger partial charge in [-0.05, 0) is 78.9 Å². The first kappa shape index (κ1) is 29.7. The Morgan fingerprint density at radius 2 is 1.41 bits per heavy atom. The lowest BCUT2D eigenvalue weighted by molar-refractivity contribution is -0.114. The predicted molar refractivity (Wildman–Crippen MR) is 158 cm³/mol. The average Bonchev–Trinajstić information content (AvgIpc) is 2.97. The van der Waals surface area contributed by atoms with E-state index in [1.807, 2.05) is 0 Å². The van der Waals surface area contributed by atoms with Crippen molar-refractivity contribution in [2.45, 2.75) is 9.79 Å². The maximum atomic E-state index is 13.5. The molecule has 0 heterocycles. The lowest BCUT2D eigenvalue weighted by Gasteiger charge is -2.24. The number of rotatable bonds is 11. The molecule has 0 saturated carbocycles. The molecule has 10 nitrogen and oxygen atoms in total. The molecule has 4 aromatic rings. The topological polar surface area (TPSA) is 131 Å². The lowest BCUT2D eigenvalue weighted by atomic mass is 10.3. The Bertz CT molecular complexity index is 1730.